The first kappa shape index (κ1) is 18.8. The van der Waals surface area contributed by atoms with Crippen LogP contribution in [0.15, 0.2) is 72.8 Å². The third kappa shape index (κ3) is 5.76. The highest BCUT2D eigenvalue weighted by Crippen LogP contribution is 2.20. The van der Waals surface area contributed by atoms with Gasteiger partial charge >= 0.3 is 0 Å². The van der Waals surface area contributed by atoms with Crippen LogP contribution < -0.4 is 14.8 Å². The highest BCUT2D eigenvalue weighted by molar-refractivity contribution is 6.30. The van der Waals surface area contributed by atoms with Crippen LogP contribution in [-0.2, 0) is 11.4 Å². The van der Waals surface area contributed by atoms with Gasteiger partial charge in [0.05, 0.1) is 0 Å². The van der Waals surface area contributed by atoms with Gasteiger partial charge in [-0.25, -0.2) is 0 Å². The topological polar surface area (TPSA) is 47.6 Å². The predicted molar refractivity (Wildman–Crippen MR) is 108 cm³/mol. The second-order valence-corrected chi connectivity index (χ2v) is 6.48. The zero-order valence-electron chi connectivity index (χ0n) is 14.9. The summed E-state index contributed by atoms with van der Waals surface area (Å²) >= 11 is 5.92. The van der Waals surface area contributed by atoms with Crippen molar-refractivity contribution < 1.29 is 14.3 Å². The number of carbonyl (C=O) groups excluding carboxylic acids is 1. The molecule has 3 aromatic rings. The van der Waals surface area contributed by atoms with Crippen LogP contribution in [0.4, 0.5) is 5.69 Å². The van der Waals surface area contributed by atoms with Crippen molar-refractivity contribution >= 4 is 23.2 Å². The van der Waals surface area contributed by atoms with Gasteiger partial charge in [-0.1, -0.05) is 41.9 Å². The molecule has 0 aromatic heterocycles. The van der Waals surface area contributed by atoms with E-state index in [0.29, 0.717) is 17.4 Å². The Hall–Kier alpha value is -2.98. The van der Waals surface area contributed by atoms with Crippen molar-refractivity contribution in [3.63, 3.8) is 0 Å². The smallest absolute Gasteiger partial charge is 0.262 e. The highest BCUT2D eigenvalue weighted by Gasteiger charge is 2.06. The lowest BCUT2D eigenvalue weighted by molar-refractivity contribution is -0.118. The molecule has 0 saturated carbocycles. The first-order valence-electron chi connectivity index (χ1n) is 8.56. The van der Waals surface area contributed by atoms with Gasteiger partial charge < -0.3 is 14.8 Å². The Morgan fingerprint density at radius 3 is 2.26 bits per heavy atom. The fourth-order valence-electron chi connectivity index (χ4n) is 2.48. The molecule has 0 aliphatic carbocycles. The van der Waals surface area contributed by atoms with Crippen molar-refractivity contribution in [1.29, 1.82) is 0 Å². The molecule has 3 aromatic carbocycles. The maximum Gasteiger partial charge on any atom is 0.262 e. The maximum atomic E-state index is 12.1. The zero-order chi connectivity index (χ0) is 19.1. The second-order valence-electron chi connectivity index (χ2n) is 6.04. The number of rotatable bonds is 7. The molecule has 5 heteroatoms. The summed E-state index contributed by atoms with van der Waals surface area (Å²) in [6.45, 7) is 2.31. The van der Waals surface area contributed by atoms with E-state index < -0.39 is 0 Å². The number of amides is 1. The van der Waals surface area contributed by atoms with Crippen molar-refractivity contribution in [3.8, 4) is 11.5 Å². The van der Waals surface area contributed by atoms with E-state index in [0.717, 1.165) is 22.6 Å². The number of anilines is 1. The van der Waals surface area contributed by atoms with Gasteiger partial charge in [0.1, 0.15) is 18.1 Å². The molecule has 4 nitrogen and oxygen atoms in total. The molecule has 0 aliphatic heterocycles. The highest BCUT2D eigenvalue weighted by atomic mass is 35.5. The Labute approximate surface area is 163 Å². The number of aryl methyl sites for hydroxylation is 1. The number of ether oxygens (including phenoxy) is 2. The lowest BCUT2D eigenvalue weighted by Crippen LogP contribution is -2.20. The molecule has 1 N–H and O–H groups in total. The maximum absolute atomic E-state index is 12.1. The van der Waals surface area contributed by atoms with Gasteiger partial charge in [0.25, 0.3) is 5.91 Å². The SMILES string of the molecule is Cc1cc(Cl)ccc1NC(=O)COc1ccc(OCc2ccccc2)cc1. The Morgan fingerprint density at radius 1 is 0.926 bits per heavy atom. The molecule has 138 valence electrons. The van der Waals surface area contributed by atoms with Crippen LogP contribution in [0, 0.1) is 6.92 Å². The Bertz CT molecular complexity index is 895. The van der Waals surface area contributed by atoms with Crippen molar-refractivity contribution in [3.05, 3.63) is 88.9 Å². The summed E-state index contributed by atoms with van der Waals surface area (Å²) < 4.78 is 11.3. The van der Waals surface area contributed by atoms with E-state index in [1.54, 1.807) is 30.3 Å². The Kier molecular flexibility index (Phi) is 6.34. The first-order valence-corrected chi connectivity index (χ1v) is 8.93. The molecule has 0 saturated heterocycles. The number of halogens is 1. The minimum Gasteiger partial charge on any atom is -0.489 e. The molecule has 27 heavy (non-hydrogen) atoms. The average molecular weight is 382 g/mol. The van der Waals surface area contributed by atoms with Gasteiger partial charge in [-0.05, 0) is 60.5 Å². The van der Waals surface area contributed by atoms with E-state index in [-0.39, 0.29) is 12.5 Å². The van der Waals surface area contributed by atoms with E-state index in [1.165, 1.54) is 0 Å². The van der Waals surface area contributed by atoms with Crippen LogP contribution in [0.25, 0.3) is 0 Å². The first-order chi connectivity index (χ1) is 13.1. The number of benzene rings is 3. The van der Waals surface area contributed by atoms with Crippen molar-refractivity contribution in [2.75, 3.05) is 11.9 Å². The third-order valence-electron chi connectivity index (χ3n) is 3.90. The minimum absolute atomic E-state index is 0.0771. The fraction of sp³-hybridized carbons (Fsp3) is 0.136. The largest absolute Gasteiger partial charge is 0.489 e. The quantitative estimate of drug-likeness (QED) is 0.608. The van der Waals surface area contributed by atoms with E-state index in [1.807, 2.05) is 49.4 Å². The summed E-state index contributed by atoms with van der Waals surface area (Å²) in [5.41, 5.74) is 2.72. The lowest BCUT2D eigenvalue weighted by atomic mass is 10.2. The van der Waals surface area contributed by atoms with Crippen LogP contribution >= 0.6 is 11.6 Å². The summed E-state index contributed by atoms with van der Waals surface area (Å²) in [5, 5.41) is 3.45. The van der Waals surface area contributed by atoms with Crippen LogP contribution in [-0.4, -0.2) is 12.5 Å². The van der Waals surface area contributed by atoms with Crippen LogP contribution in [0.1, 0.15) is 11.1 Å². The molecular weight excluding hydrogens is 362 g/mol. The van der Waals surface area contributed by atoms with Crippen molar-refractivity contribution in [2.24, 2.45) is 0 Å². The van der Waals surface area contributed by atoms with Gasteiger partial charge in [0, 0.05) is 10.7 Å². The van der Waals surface area contributed by atoms with E-state index >= 15 is 0 Å². The van der Waals surface area contributed by atoms with E-state index in [4.69, 9.17) is 21.1 Å². The summed E-state index contributed by atoms with van der Waals surface area (Å²) in [6, 6.07) is 22.5. The molecule has 0 atom stereocenters. The second kappa shape index (κ2) is 9.10. The molecule has 0 radical (unpaired) electrons. The summed E-state index contributed by atoms with van der Waals surface area (Å²) in [5.74, 6) is 1.11. The lowest BCUT2D eigenvalue weighted by Gasteiger charge is -2.11. The molecule has 0 spiro atoms. The van der Waals surface area contributed by atoms with E-state index in [2.05, 4.69) is 5.32 Å². The summed E-state index contributed by atoms with van der Waals surface area (Å²) in [6.07, 6.45) is 0. The van der Waals surface area contributed by atoms with E-state index in [9.17, 15) is 4.79 Å². The summed E-state index contributed by atoms with van der Waals surface area (Å²) in [7, 11) is 0. The Morgan fingerprint density at radius 2 is 1.59 bits per heavy atom. The fourth-order valence-corrected chi connectivity index (χ4v) is 2.70. The number of carbonyl (C=O) groups is 1. The molecular formula is C22H20ClNO3. The van der Waals surface area contributed by atoms with Crippen LogP contribution in [0.3, 0.4) is 0 Å². The van der Waals surface area contributed by atoms with Crippen LogP contribution in [0.2, 0.25) is 5.02 Å². The van der Waals surface area contributed by atoms with Crippen molar-refractivity contribution in [1.82, 2.24) is 0 Å². The number of nitrogens with one attached hydrogen (secondary N) is 1. The Balaban J connectivity index is 1.47. The predicted octanol–water partition coefficient (Wildman–Crippen LogP) is 5.24. The minimum atomic E-state index is -0.232. The molecule has 3 rings (SSSR count). The van der Waals surface area contributed by atoms with Gasteiger partial charge in [-0.2, -0.15) is 0 Å². The normalized spacial score (nSPS) is 10.3. The van der Waals surface area contributed by atoms with Crippen LogP contribution in [0.5, 0.6) is 11.5 Å². The summed E-state index contributed by atoms with van der Waals surface area (Å²) in [4.78, 5) is 12.1. The molecule has 0 fully saturated rings. The number of hydrogen-bond acceptors (Lipinski definition) is 3. The number of hydrogen-bond donors (Lipinski definition) is 1. The third-order valence-corrected chi connectivity index (χ3v) is 4.14. The van der Waals surface area contributed by atoms with Gasteiger partial charge in [0.2, 0.25) is 0 Å². The zero-order valence-corrected chi connectivity index (χ0v) is 15.7. The van der Waals surface area contributed by atoms with Crippen molar-refractivity contribution in [2.45, 2.75) is 13.5 Å². The average Bonchev–Trinajstić information content (AvgIpc) is 2.68. The van der Waals surface area contributed by atoms with Gasteiger partial charge in [-0.3, -0.25) is 4.79 Å². The molecule has 0 unspecified atom stereocenters. The van der Waals surface area contributed by atoms with Gasteiger partial charge in [-0.15, -0.1) is 0 Å². The monoisotopic (exact) mass is 381 g/mol. The standard InChI is InChI=1S/C22H20ClNO3/c1-16-13-18(23)7-12-21(16)24-22(25)15-27-20-10-8-19(9-11-20)26-14-17-5-3-2-4-6-17/h2-13H,14-15H2,1H3,(H,24,25). The van der Waals surface area contributed by atoms with Gasteiger partial charge in [0.15, 0.2) is 6.61 Å². The molecule has 1 amide bonds. The molecule has 0 aliphatic rings. The molecule has 0 bridgehead atoms. The molecule has 0 heterocycles.